The molecule has 2 aliphatic rings. The standard InChI is InChI=1S/C14H17Cl/c1-2-12-13(9-3-4-9)7-11(15)8-14(12)10-5-6-10/h7-10H,2-6H2,1H3. The van der Waals surface area contributed by atoms with Crippen molar-refractivity contribution in [2.75, 3.05) is 0 Å². The van der Waals surface area contributed by atoms with E-state index in [-0.39, 0.29) is 0 Å². The van der Waals surface area contributed by atoms with Crippen molar-refractivity contribution in [3.8, 4) is 0 Å². The molecule has 0 bridgehead atoms. The summed E-state index contributed by atoms with van der Waals surface area (Å²) < 4.78 is 0. The minimum Gasteiger partial charge on any atom is -0.0843 e. The zero-order valence-electron chi connectivity index (χ0n) is 9.22. The molecule has 0 aliphatic heterocycles. The Morgan fingerprint density at radius 2 is 1.53 bits per heavy atom. The molecule has 1 aromatic carbocycles. The Hall–Kier alpha value is -0.490. The van der Waals surface area contributed by atoms with E-state index in [4.69, 9.17) is 11.6 Å². The van der Waals surface area contributed by atoms with Crippen molar-refractivity contribution >= 4 is 11.6 Å². The first kappa shape index (κ1) is 9.72. The van der Waals surface area contributed by atoms with E-state index in [1.807, 2.05) is 0 Å². The second-order valence-electron chi connectivity index (χ2n) is 4.96. The first-order valence-electron chi connectivity index (χ1n) is 6.11. The van der Waals surface area contributed by atoms with Crippen molar-refractivity contribution in [3.63, 3.8) is 0 Å². The first-order chi connectivity index (χ1) is 7.29. The Morgan fingerprint density at radius 1 is 1.07 bits per heavy atom. The van der Waals surface area contributed by atoms with Crippen LogP contribution in [0.5, 0.6) is 0 Å². The molecule has 0 spiro atoms. The Balaban J connectivity index is 2.10. The molecule has 0 heterocycles. The van der Waals surface area contributed by atoms with E-state index in [1.165, 1.54) is 32.1 Å². The molecule has 2 fully saturated rings. The summed E-state index contributed by atoms with van der Waals surface area (Å²) in [6.45, 7) is 2.28. The van der Waals surface area contributed by atoms with Crippen molar-refractivity contribution in [2.45, 2.75) is 50.9 Å². The fourth-order valence-electron chi connectivity index (χ4n) is 2.61. The van der Waals surface area contributed by atoms with Crippen molar-refractivity contribution in [1.82, 2.24) is 0 Å². The van der Waals surface area contributed by atoms with Crippen LogP contribution >= 0.6 is 11.6 Å². The molecule has 0 unspecified atom stereocenters. The largest absolute Gasteiger partial charge is 0.0843 e. The maximum atomic E-state index is 6.22. The predicted molar refractivity (Wildman–Crippen MR) is 64.8 cm³/mol. The van der Waals surface area contributed by atoms with Crippen LogP contribution in [0, 0.1) is 0 Å². The van der Waals surface area contributed by atoms with E-state index in [0.717, 1.165) is 16.9 Å². The highest BCUT2D eigenvalue weighted by Gasteiger charge is 2.31. The third kappa shape index (κ3) is 1.80. The molecule has 2 saturated carbocycles. The third-order valence-electron chi connectivity index (χ3n) is 3.67. The van der Waals surface area contributed by atoms with Crippen LogP contribution in [0.25, 0.3) is 0 Å². The van der Waals surface area contributed by atoms with Crippen LogP contribution in [0.3, 0.4) is 0 Å². The number of hydrogen-bond acceptors (Lipinski definition) is 0. The van der Waals surface area contributed by atoms with Gasteiger partial charge in [0.15, 0.2) is 0 Å². The monoisotopic (exact) mass is 220 g/mol. The molecule has 2 aliphatic carbocycles. The van der Waals surface area contributed by atoms with Crippen LogP contribution in [0.15, 0.2) is 12.1 Å². The lowest BCUT2D eigenvalue weighted by Gasteiger charge is -2.13. The zero-order valence-corrected chi connectivity index (χ0v) is 9.98. The summed E-state index contributed by atoms with van der Waals surface area (Å²) in [6.07, 6.45) is 6.67. The van der Waals surface area contributed by atoms with E-state index >= 15 is 0 Å². The lowest BCUT2D eigenvalue weighted by Crippen LogP contribution is -1.97. The number of rotatable bonds is 3. The van der Waals surface area contributed by atoms with E-state index in [0.29, 0.717) is 0 Å². The average Bonchev–Trinajstić information content (AvgIpc) is 3.07. The Morgan fingerprint density at radius 3 is 1.87 bits per heavy atom. The highest BCUT2D eigenvalue weighted by Crippen LogP contribution is 2.48. The van der Waals surface area contributed by atoms with E-state index in [9.17, 15) is 0 Å². The fraction of sp³-hybridized carbons (Fsp3) is 0.571. The second-order valence-corrected chi connectivity index (χ2v) is 5.40. The topological polar surface area (TPSA) is 0 Å². The summed E-state index contributed by atoms with van der Waals surface area (Å²) in [5.74, 6) is 1.66. The lowest BCUT2D eigenvalue weighted by molar-refractivity contribution is 0.970. The molecule has 15 heavy (non-hydrogen) atoms. The van der Waals surface area contributed by atoms with Gasteiger partial charge >= 0.3 is 0 Å². The minimum atomic E-state index is 0.830. The summed E-state index contributed by atoms with van der Waals surface area (Å²) in [7, 11) is 0. The maximum absolute atomic E-state index is 6.22. The molecule has 0 saturated heterocycles. The van der Waals surface area contributed by atoms with Gasteiger partial charge < -0.3 is 0 Å². The van der Waals surface area contributed by atoms with E-state index < -0.39 is 0 Å². The van der Waals surface area contributed by atoms with Crippen molar-refractivity contribution < 1.29 is 0 Å². The average molecular weight is 221 g/mol. The minimum absolute atomic E-state index is 0.830. The summed E-state index contributed by atoms with van der Waals surface area (Å²) >= 11 is 6.22. The predicted octanol–water partition coefficient (Wildman–Crippen LogP) is 4.66. The van der Waals surface area contributed by atoms with Gasteiger partial charge in [-0.2, -0.15) is 0 Å². The molecule has 80 valence electrons. The van der Waals surface area contributed by atoms with Crippen LogP contribution < -0.4 is 0 Å². The van der Waals surface area contributed by atoms with Crippen LogP contribution in [-0.2, 0) is 6.42 Å². The summed E-state index contributed by atoms with van der Waals surface area (Å²) in [5.41, 5.74) is 4.74. The Bertz CT molecular complexity index is 353. The highest BCUT2D eigenvalue weighted by atomic mass is 35.5. The highest BCUT2D eigenvalue weighted by molar-refractivity contribution is 6.30. The number of hydrogen-bond donors (Lipinski definition) is 0. The maximum Gasteiger partial charge on any atom is 0.0411 e. The molecule has 1 aromatic rings. The normalized spacial score (nSPS) is 20.7. The molecule has 0 N–H and O–H groups in total. The second kappa shape index (κ2) is 3.52. The van der Waals surface area contributed by atoms with Gasteiger partial charge in [0, 0.05) is 5.02 Å². The molecule has 0 nitrogen and oxygen atoms in total. The molecule has 3 rings (SSSR count). The molecular formula is C14H17Cl. The number of halogens is 1. The molecule has 0 aromatic heterocycles. The smallest absolute Gasteiger partial charge is 0.0411 e. The quantitative estimate of drug-likeness (QED) is 0.695. The summed E-state index contributed by atoms with van der Waals surface area (Å²) in [4.78, 5) is 0. The van der Waals surface area contributed by atoms with Gasteiger partial charge in [0.2, 0.25) is 0 Å². The first-order valence-corrected chi connectivity index (χ1v) is 6.49. The van der Waals surface area contributed by atoms with Crippen LogP contribution in [0.1, 0.15) is 61.1 Å². The third-order valence-corrected chi connectivity index (χ3v) is 3.89. The molecule has 0 amide bonds. The van der Waals surface area contributed by atoms with E-state index in [2.05, 4.69) is 19.1 Å². The van der Waals surface area contributed by atoms with Gasteiger partial charge in [-0.1, -0.05) is 18.5 Å². The van der Waals surface area contributed by atoms with Gasteiger partial charge in [-0.25, -0.2) is 0 Å². The number of benzene rings is 1. The zero-order chi connectivity index (χ0) is 10.4. The van der Waals surface area contributed by atoms with E-state index in [1.54, 1.807) is 16.7 Å². The van der Waals surface area contributed by atoms with Crippen LogP contribution in [0.4, 0.5) is 0 Å². The molecule has 0 atom stereocenters. The Kier molecular flexibility index (Phi) is 2.28. The Labute approximate surface area is 96.6 Å². The van der Waals surface area contributed by atoms with Gasteiger partial charge in [-0.15, -0.1) is 0 Å². The summed E-state index contributed by atoms with van der Waals surface area (Å²) in [5, 5.41) is 0.955. The van der Waals surface area contributed by atoms with Crippen molar-refractivity contribution in [3.05, 3.63) is 33.8 Å². The summed E-state index contributed by atoms with van der Waals surface area (Å²) in [6, 6.07) is 4.42. The molecule has 0 radical (unpaired) electrons. The van der Waals surface area contributed by atoms with Crippen molar-refractivity contribution in [1.29, 1.82) is 0 Å². The SMILES string of the molecule is CCc1c(C2CC2)cc(Cl)cc1C1CC1. The van der Waals surface area contributed by atoms with Crippen molar-refractivity contribution in [2.24, 2.45) is 0 Å². The van der Waals surface area contributed by atoms with Gasteiger partial charge in [0.05, 0.1) is 0 Å². The van der Waals surface area contributed by atoms with Gasteiger partial charge in [-0.05, 0) is 72.8 Å². The van der Waals surface area contributed by atoms with Crippen LogP contribution in [0.2, 0.25) is 5.02 Å². The molecule has 1 heteroatoms. The van der Waals surface area contributed by atoms with Crippen LogP contribution in [-0.4, -0.2) is 0 Å². The van der Waals surface area contributed by atoms with Gasteiger partial charge in [0.1, 0.15) is 0 Å². The molecular weight excluding hydrogens is 204 g/mol. The van der Waals surface area contributed by atoms with Gasteiger partial charge in [-0.3, -0.25) is 0 Å². The fourth-order valence-corrected chi connectivity index (χ4v) is 2.84. The van der Waals surface area contributed by atoms with Gasteiger partial charge in [0.25, 0.3) is 0 Å². The lowest BCUT2D eigenvalue weighted by atomic mass is 9.93.